The van der Waals surface area contributed by atoms with Gasteiger partial charge in [0.2, 0.25) is 10.0 Å². The number of nitrogens with zero attached hydrogens (tertiary/aromatic N) is 3. The van der Waals surface area contributed by atoms with E-state index >= 15 is 0 Å². The van der Waals surface area contributed by atoms with E-state index in [4.69, 9.17) is 4.42 Å². The molecule has 0 spiro atoms. The number of H-pyrrole nitrogens is 1. The van der Waals surface area contributed by atoms with Gasteiger partial charge in [0.15, 0.2) is 5.58 Å². The van der Waals surface area contributed by atoms with E-state index in [0.29, 0.717) is 33.0 Å². The number of hydrogen-bond donors (Lipinski definition) is 1. The predicted octanol–water partition coefficient (Wildman–Crippen LogP) is 3.17. The van der Waals surface area contributed by atoms with Gasteiger partial charge < -0.3 is 9.40 Å². The first kappa shape index (κ1) is 19.6. The van der Waals surface area contributed by atoms with Crippen LogP contribution in [-0.4, -0.2) is 41.8 Å². The van der Waals surface area contributed by atoms with Gasteiger partial charge in [0.1, 0.15) is 11.3 Å². The Morgan fingerprint density at radius 3 is 2.62 bits per heavy atom. The van der Waals surface area contributed by atoms with Crippen molar-refractivity contribution in [1.29, 1.82) is 0 Å². The maximum absolute atomic E-state index is 12.3. The molecule has 0 aliphatic carbocycles. The topological polar surface area (TPSA) is 109 Å². The lowest BCUT2D eigenvalue weighted by Gasteiger charge is -2.10. The molecule has 1 unspecified atom stereocenters. The van der Waals surface area contributed by atoms with Crippen molar-refractivity contribution >= 4 is 43.8 Å². The Kier molecular flexibility index (Phi) is 4.93. The molecule has 0 aliphatic rings. The highest BCUT2D eigenvalue weighted by molar-refractivity contribution is 7.99. The van der Waals surface area contributed by atoms with Crippen LogP contribution in [0.3, 0.4) is 0 Å². The average molecular weight is 431 g/mol. The Morgan fingerprint density at radius 2 is 1.86 bits per heavy atom. The van der Waals surface area contributed by atoms with Gasteiger partial charge >= 0.3 is 0 Å². The molecule has 0 bridgehead atoms. The molecule has 2 aromatic carbocycles. The van der Waals surface area contributed by atoms with Gasteiger partial charge in [-0.3, -0.25) is 4.79 Å². The highest BCUT2D eigenvalue weighted by atomic mass is 32.2. The van der Waals surface area contributed by atoms with Crippen molar-refractivity contribution in [3.63, 3.8) is 0 Å². The fourth-order valence-electron chi connectivity index (χ4n) is 2.81. The third-order valence-electron chi connectivity index (χ3n) is 4.41. The number of rotatable bonds is 5. The van der Waals surface area contributed by atoms with E-state index in [1.807, 2.05) is 13.0 Å². The standard InChI is InChI=1S/C19H18N4O4S2/c1-11(17-20-14-7-5-4-6-13(14)18(24)22-17)28-19-21-15-10-12(8-9-16(15)27-19)29(25,26)23(2)3/h4-11H,1-3H3,(H,20,22,24). The van der Waals surface area contributed by atoms with Gasteiger partial charge in [0.25, 0.3) is 10.8 Å². The minimum Gasteiger partial charge on any atom is -0.431 e. The fraction of sp³-hybridized carbons (Fsp3) is 0.211. The molecule has 1 N–H and O–H groups in total. The van der Waals surface area contributed by atoms with Crippen molar-refractivity contribution in [3.05, 3.63) is 58.6 Å². The summed E-state index contributed by atoms with van der Waals surface area (Å²) in [5, 5.41) is 0.665. The van der Waals surface area contributed by atoms with E-state index in [0.717, 1.165) is 4.31 Å². The van der Waals surface area contributed by atoms with Crippen LogP contribution in [0.1, 0.15) is 18.0 Å². The first-order valence-corrected chi connectivity index (χ1v) is 11.1. The summed E-state index contributed by atoms with van der Waals surface area (Å²) in [6, 6.07) is 11.7. The molecule has 0 fully saturated rings. The van der Waals surface area contributed by atoms with Crippen molar-refractivity contribution in [3.8, 4) is 0 Å². The zero-order chi connectivity index (χ0) is 20.8. The maximum atomic E-state index is 12.3. The molecule has 2 heterocycles. The van der Waals surface area contributed by atoms with Crippen molar-refractivity contribution in [1.82, 2.24) is 19.3 Å². The van der Waals surface area contributed by atoms with Gasteiger partial charge in [-0.25, -0.2) is 22.7 Å². The molecule has 0 saturated carbocycles. The summed E-state index contributed by atoms with van der Waals surface area (Å²) in [6.07, 6.45) is 0. The lowest BCUT2D eigenvalue weighted by atomic mass is 10.2. The zero-order valence-corrected chi connectivity index (χ0v) is 17.5. The van der Waals surface area contributed by atoms with Crippen molar-refractivity contribution in [2.45, 2.75) is 22.3 Å². The number of thioether (sulfide) groups is 1. The molecule has 0 radical (unpaired) electrons. The Bertz CT molecular complexity index is 1380. The van der Waals surface area contributed by atoms with Crippen LogP contribution in [-0.2, 0) is 10.0 Å². The monoisotopic (exact) mass is 430 g/mol. The second-order valence-electron chi connectivity index (χ2n) is 6.63. The Balaban J connectivity index is 1.65. The predicted molar refractivity (Wildman–Crippen MR) is 112 cm³/mol. The SMILES string of the molecule is CC(Sc1nc2cc(S(=O)(=O)N(C)C)ccc2o1)c1nc2ccccc2c(=O)[nH]1. The molecule has 150 valence electrons. The summed E-state index contributed by atoms with van der Waals surface area (Å²) >= 11 is 1.29. The normalized spacial score (nSPS) is 13.4. The van der Waals surface area contributed by atoms with E-state index in [1.54, 1.807) is 24.3 Å². The molecule has 8 nitrogen and oxygen atoms in total. The number of aromatic amines is 1. The highest BCUT2D eigenvalue weighted by Crippen LogP contribution is 2.34. The molecule has 1 atom stereocenters. The second-order valence-corrected chi connectivity index (χ2v) is 10.1. The van der Waals surface area contributed by atoms with Crippen LogP contribution in [0.15, 0.2) is 61.8 Å². The summed E-state index contributed by atoms with van der Waals surface area (Å²) < 4.78 is 31.5. The van der Waals surface area contributed by atoms with Crippen LogP contribution < -0.4 is 5.56 Å². The summed E-state index contributed by atoms with van der Waals surface area (Å²) in [5.41, 5.74) is 1.35. The number of hydrogen-bond acceptors (Lipinski definition) is 7. The quantitative estimate of drug-likeness (QED) is 0.484. The van der Waals surface area contributed by atoms with Crippen LogP contribution in [0.4, 0.5) is 0 Å². The molecule has 4 aromatic rings. The highest BCUT2D eigenvalue weighted by Gasteiger charge is 2.20. The fourth-order valence-corrected chi connectivity index (χ4v) is 4.55. The van der Waals surface area contributed by atoms with Gasteiger partial charge in [0.05, 0.1) is 21.0 Å². The number of sulfonamides is 1. The zero-order valence-electron chi connectivity index (χ0n) is 15.9. The number of benzene rings is 2. The van der Waals surface area contributed by atoms with Crippen LogP contribution in [0, 0.1) is 0 Å². The molecule has 4 rings (SSSR count). The molecule has 29 heavy (non-hydrogen) atoms. The summed E-state index contributed by atoms with van der Waals surface area (Å²) in [6.45, 7) is 1.88. The molecule has 0 saturated heterocycles. The number of nitrogens with one attached hydrogen (secondary N) is 1. The van der Waals surface area contributed by atoms with E-state index < -0.39 is 10.0 Å². The third-order valence-corrected chi connectivity index (χ3v) is 7.18. The minimum atomic E-state index is -3.56. The largest absolute Gasteiger partial charge is 0.431 e. The van der Waals surface area contributed by atoms with Gasteiger partial charge in [0, 0.05) is 14.1 Å². The molecular weight excluding hydrogens is 412 g/mol. The van der Waals surface area contributed by atoms with Gasteiger partial charge in [-0.15, -0.1) is 0 Å². The smallest absolute Gasteiger partial charge is 0.258 e. The van der Waals surface area contributed by atoms with Crippen molar-refractivity contribution < 1.29 is 12.8 Å². The Hall–Kier alpha value is -2.69. The third kappa shape index (κ3) is 3.66. The van der Waals surface area contributed by atoms with E-state index in [9.17, 15) is 13.2 Å². The average Bonchev–Trinajstić information content (AvgIpc) is 3.09. The molecule has 0 amide bonds. The van der Waals surface area contributed by atoms with Crippen molar-refractivity contribution in [2.24, 2.45) is 0 Å². The van der Waals surface area contributed by atoms with E-state index in [1.165, 1.54) is 38.0 Å². The van der Waals surface area contributed by atoms with Crippen molar-refractivity contribution in [2.75, 3.05) is 14.1 Å². The number of oxazole rings is 1. The second kappa shape index (κ2) is 7.29. The minimum absolute atomic E-state index is 0.147. The number of para-hydroxylation sites is 1. The Morgan fingerprint density at radius 1 is 1.10 bits per heavy atom. The molecule has 0 aliphatic heterocycles. The number of fused-ring (bicyclic) bond motifs is 2. The van der Waals surface area contributed by atoms with E-state index in [-0.39, 0.29) is 15.7 Å². The Labute approximate surface area is 171 Å². The lowest BCUT2D eigenvalue weighted by molar-refractivity contribution is 0.488. The lowest BCUT2D eigenvalue weighted by Crippen LogP contribution is -2.22. The summed E-state index contributed by atoms with van der Waals surface area (Å²) in [7, 11) is -0.606. The van der Waals surface area contributed by atoms with Crippen LogP contribution in [0.25, 0.3) is 22.0 Å². The molecular formula is C19H18N4O4S2. The molecule has 10 heteroatoms. The number of aromatic nitrogens is 3. The van der Waals surface area contributed by atoms with Crippen LogP contribution in [0.5, 0.6) is 0 Å². The summed E-state index contributed by atoms with van der Waals surface area (Å²) in [5.74, 6) is 0.511. The van der Waals surface area contributed by atoms with Crippen LogP contribution in [0.2, 0.25) is 0 Å². The first-order chi connectivity index (χ1) is 13.8. The van der Waals surface area contributed by atoms with Gasteiger partial charge in [-0.1, -0.05) is 23.9 Å². The molecule has 2 aromatic heterocycles. The van der Waals surface area contributed by atoms with Crippen LogP contribution >= 0.6 is 11.8 Å². The maximum Gasteiger partial charge on any atom is 0.258 e. The van der Waals surface area contributed by atoms with E-state index in [2.05, 4.69) is 15.0 Å². The van der Waals surface area contributed by atoms with Gasteiger partial charge in [-0.2, -0.15) is 0 Å². The first-order valence-electron chi connectivity index (χ1n) is 8.74. The summed E-state index contributed by atoms with van der Waals surface area (Å²) in [4.78, 5) is 24.1. The van der Waals surface area contributed by atoms with Gasteiger partial charge in [-0.05, 0) is 37.3 Å².